The molecule has 2 heterocycles. The van der Waals surface area contributed by atoms with Gasteiger partial charge in [-0.3, -0.25) is 19.4 Å². The third-order valence-corrected chi connectivity index (χ3v) is 6.28. The smallest absolute Gasteiger partial charge is 0.316 e. The fraction of sp³-hybridized carbons (Fsp3) is 0.222. The molecule has 0 aliphatic heterocycles. The normalized spacial score (nSPS) is 11.7. The highest BCUT2D eigenvalue weighted by Gasteiger charge is 2.24. The minimum atomic E-state index is -4.02. The van der Waals surface area contributed by atoms with Gasteiger partial charge in [0.05, 0.1) is 34.4 Å². The molecule has 2 aromatic heterocycles. The quantitative estimate of drug-likeness (QED) is 0.578. The molecule has 152 valence electrons. The number of hydrogen-bond donors (Lipinski definition) is 1. The second kappa shape index (κ2) is 7.60. The van der Waals surface area contributed by atoms with Crippen molar-refractivity contribution in [3.8, 4) is 0 Å². The summed E-state index contributed by atoms with van der Waals surface area (Å²) in [7, 11) is 0.0996. The molecule has 0 radical (unpaired) electrons. The van der Waals surface area contributed by atoms with Gasteiger partial charge in [0, 0.05) is 27.3 Å². The number of anilines is 1. The van der Waals surface area contributed by atoms with E-state index in [2.05, 4.69) is 10.3 Å². The first-order chi connectivity index (χ1) is 13.6. The van der Waals surface area contributed by atoms with E-state index in [-0.39, 0.29) is 10.4 Å². The molecule has 1 aromatic carbocycles. The summed E-state index contributed by atoms with van der Waals surface area (Å²) in [6, 6.07) is 7.36. The summed E-state index contributed by atoms with van der Waals surface area (Å²) in [5.74, 6) is -0.528. The Morgan fingerprint density at radius 3 is 2.38 bits per heavy atom. The second-order valence-electron chi connectivity index (χ2n) is 6.43. The van der Waals surface area contributed by atoms with Crippen LogP contribution in [0.3, 0.4) is 0 Å². The van der Waals surface area contributed by atoms with E-state index in [0.29, 0.717) is 11.2 Å². The molecule has 10 nitrogen and oxygen atoms in total. The molecule has 0 unspecified atom stereocenters. The third-order valence-electron chi connectivity index (χ3n) is 4.48. The van der Waals surface area contributed by atoms with E-state index in [1.165, 1.54) is 50.1 Å². The number of aryl methyl sites for hydroxylation is 2. The van der Waals surface area contributed by atoms with Crippen molar-refractivity contribution >= 4 is 32.7 Å². The topological polar surface area (TPSA) is 123 Å². The van der Waals surface area contributed by atoms with Crippen LogP contribution in [-0.2, 0) is 28.9 Å². The maximum absolute atomic E-state index is 12.9. The number of nitrogens with one attached hydrogen (secondary N) is 1. The van der Waals surface area contributed by atoms with E-state index >= 15 is 0 Å². The summed E-state index contributed by atoms with van der Waals surface area (Å²) in [4.78, 5) is 39.9. The van der Waals surface area contributed by atoms with Crippen LogP contribution >= 0.6 is 0 Å². The highest BCUT2D eigenvalue weighted by Crippen LogP contribution is 2.19. The third kappa shape index (κ3) is 3.82. The van der Waals surface area contributed by atoms with Gasteiger partial charge in [-0.2, -0.15) is 4.31 Å². The molecule has 0 saturated carbocycles. The zero-order valence-corrected chi connectivity index (χ0v) is 16.8. The average molecular weight is 417 g/mol. The molecule has 0 spiro atoms. The fourth-order valence-electron chi connectivity index (χ4n) is 2.83. The standard InChI is InChI=1S/C18H19N5O5S/c1-21(11-16(24)20-12-5-4-8-19-10-12)29(27,28)13-6-7-14-15(9-13)23(3)18(26)17(25)22(14)2/h4-10H,11H2,1-3H3,(H,20,24). The number of amides is 1. The van der Waals surface area contributed by atoms with Gasteiger partial charge in [0.1, 0.15) is 0 Å². The monoisotopic (exact) mass is 417 g/mol. The molecule has 0 aliphatic carbocycles. The molecule has 1 amide bonds. The number of likely N-dealkylation sites (N-methyl/N-ethyl adjacent to an activating group) is 1. The molecule has 1 N–H and O–H groups in total. The van der Waals surface area contributed by atoms with E-state index in [4.69, 9.17) is 0 Å². The number of benzene rings is 1. The molecule has 0 bridgehead atoms. The van der Waals surface area contributed by atoms with Gasteiger partial charge in [0.2, 0.25) is 15.9 Å². The lowest BCUT2D eigenvalue weighted by Gasteiger charge is -2.18. The Hall–Kier alpha value is -3.31. The summed E-state index contributed by atoms with van der Waals surface area (Å²) in [5, 5.41) is 2.57. The van der Waals surface area contributed by atoms with Crippen molar-refractivity contribution < 1.29 is 13.2 Å². The van der Waals surface area contributed by atoms with Crippen molar-refractivity contribution in [2.45, 2.75) is 4.90 Å². The Kier molecular flexibility index (Phi) is 5.36. The van der Waals surface area contributed by atoms with Crippen LogP contribution in [0.4, 0.5) is 5.69 Å². The highest BCUT2D eigenvalue weighted by molar-refractivity contribution is 7.89. The van der Waals surface area contributed by atoms with Crippen molar-refractivity contribution in [2.24, 2.45) is 14.1 Å². The molecule has 3 aromatic rings. The van der Waals surface area contributed by atoms with Crippen LogP contribution in [0, 0.1) is 0 Å². The second-order valence-corrected chi connectivity index (χ2v) is 8.47. The van der Waals surface area contributed by atoms with Crippen LogP contribution in [0.2, 0.25) is 0 Å². The SMILES string of the molecule is CN(CC(=O)Nc1cccnc1)S(=O)(=O)c1ccc2c(c1)n(C)c(=O)c(=O)n2C. The number of aromatic nitrogens is 3. The average Bonchev–Trinajstić information content (AvgIpc) is 2.70. The summed E-state index contributed by atoms with van der Waals surface area (Å²) in [5.41, 5.74) is -0.331. The van der Waals surface area contributed by atoms with Gasteiger partial charge in [0.25, 0.3) is 0 Å². The Morgan fingerprint density at radius 1 is 1.10 bits per heavy atom. The first-order valence-electron chi connectivity index (χ1n) is 8.49. The summed E-state index contributed by atoms with van der Waals surface area (Å²) in [6.45, 7) is -0.415. The first kappa shape index (κ1) is 20.4. The summed E-state index contributed by atoms with van der Waals surface area (Å²) < 4.78 is 29.0. The largest absolute Gasteiger partial charge is 0.324 e. The first-order valence-corrected chi connectivity index (χ1v) is 9.93. The number of rotatable bonds is 5. The molecule has 0 atom stereocenters. The lowest BCUT2D eigenvalue weighted by Crippen LogP contribution is -2.39. The fourth-order valence-corrected chi connectivity index (χ4v) is 3.97. The van der Waals surface area contributed by atoms with Gasteiger partial charge >= 0.3 is 11.1 Å². The van der Waals surface area contributed by atoms with Gasteiger partial charge in [-0.05, 0) is 30.3 Å². The van der Waals surface area contributed by atoms with Crippen molar-refractivity contribution in [1.29, 1.82) is 0 Å². The molecule has 3 rings (SSSR count). The number of carbonyl (C=O) groups is 1. The molecular formula is C18H19N5O5S. The van der Waals surface area contributed by atoms with E-state index in [1.54, 1.807) is 18.3 Å². The predicted molar refractivity (Wildman–Crippen MR) is 107 cm³/mol. The minimum absolute atomic E-state index is 0.102. The van der Waals surface area contributed by atoms with Crippen molar-refractivity contribution in [2.75, 3.05) is 18.9 Å². The van der Waals surface area contributed by atoms with Crippen molar-refractivity contribution in [1.82, 2.24) is 18.4 Å². The summed E-state index contributed by atoms with van der Waals surface area (Å²) >= 11 is 0. The van der Waals surface area contributed by atoms with Gasteiger partial charge in [-0.25, -0.2) is 8.42 Å². The Balaban J connectivity index is 1.92. The Bertz CT molecular complexity index is 1310. The van der Waals surface area contributed by atoms with Gasteiger partial charge < -0.3 is 14.5 Å². The lowest BCUT2D eigenvalue weighted by molar-refractivity contribution is -0.116. The maximum Gasteiger partial charge on any atom is 0.316 e. The van der Waals surface area contributed by atoms with Crippen LogP contribution in [0.1, 0.15) is 0 Å². The molecule has 0 aliphatic rings. The molecule has 0 fully saturated rings. The van der Waals surface area contributed by atoms with Gasteiger partial charge in [0.15, 0.2) is 0 Å². The van der Waals surface area contributed by atoms with Crippen LogP contribution in [0.15, 0.2) is 57.2 Å². The molecule has 29 heavy (non-hydrogen) atoms. The van der Waals surface area contributed by atoms with Crippen LogP contribution < -0.4 is 16.4 Å². The molecule has 0 saturated heterocycles. The van der Waals surface area contributed by atoms with Crippen LogP contribution in [0.25, 0.3) is 11.0 Å². The van der Waals surface area contributed by atoms with Crippen molar-refractivity contribution in [3.05, 3.63) is 63.4 Å². The predicted octanol–water partition coefficient (Wildman–Crippen LogP) is -0.109. The highest BCUT2D eigenvalue weighted by atomic mass is 32.2. The Labute approximate surface area is 166 Å². The van der Waals surface area contributed by atoms with E-state index in [1.807, 2.05) is 0 Å². The molecular weight excluding hydrogens is 398 g/mol. The minimum Gasteiger partial charge on any atom is -0.324 e. The Morgan fingerprint density at radius 2 is 1.76 bits per heavy atom. The van der Waals surface area contributed by atoms with Gasteiger partial charge in [-0.15, -0.1) is 0 Å². The number of carbonyl (C=O) groups excluding carboxylic acids is 1. The maximum atomic E-state index is 12.9. The number of nitrogens with zero attached hydrogens (tertiary/aromatic N) is 4. The summed E-state index contributed by atoms with van der Waals surface area (Å²) in [6.07, 6.45) is 3.00. The van der Waals surface area contributed by atoms with Crippen molar-refractivity contribution in [3.63, 3.8) is 0 Å². The van der Waals surface area contributed by atoms with Gasteiger partial charge in [-0.1, -0.05) is 0 Å². The number of pyridine rings is 1. The zero-order valence-electron chi connectivity index (χ0n) is 16.0. The lowest BCUT2D eigenvalue weighted by atomic mass is 10.3. The number of hydrogen-bond acceptors (Lipinski definition) is 6. The van der Waals surface area contributed by atoms with E-state index in [9.17, 15) is 22.8 Å². The van der Waals surface area contributed by atoms with Crippen LogP contribution in [-0.4, -0.2) is 46.3 Å². The molecule has 11 heteroatoms. The van der Waals surface area contributed by atoms with E-state index in [0.717, 1.165) is 8.87 Å². The van der Waals surface area contributed by atoms with E-state index < -0.39 is 33.6 Å². The number of sulfonamides is 1. The zero-order chi connectivity index (χ0) is 21.3. The van der Waals surface area contributed by atoms with Crippen LogP contribution in [0.5, 0.6) is 0 Å². The number of fused-ring (bicyclic) bond motifs is 1.